The van der Waals surface area contributed by atoms with Crippen molar-refractivity contribution in [3.63, 3.8) is 0 Å². The number of carbonyl (C=O) groups excluding carboxylic acids is 2. The van der Waals surface area contributed by atoms with Crippen LogP contribution in [0.15, 0.2) is 72.8 Å². The molecule has 1 heterocycles. The minimum Gasteiger partial charge on any atom is -0.452 e. The Labute approximate surface area is 198 Å². The molecule has 8 heteroatoms. The van der Waals surface area contributed by atoms with Crippen LogP contribution in [-0.4, -0.2) is 23.5 Å². The lowest BCUT2D eigenvalue weighted by Crippen LogP contribution is -2.21. The summed E-state index contributed by atoms with van der Waals surface area (Å²) in [6, 6.07) is 20.7. The molecule has 4 rings (SSSR count). The van der Waals surface area contributed by atoms with Crippen LogP contribution in [0.25, 0.3) is 22.2 Å². The molecule has 4 aromatic rings. The predicted octanol–water partition coefficient (Wildman–Crippen LogP) is 6.66. The zero-order chi connectivity index (χ0) is 22.7. The van der Waals surface area contributed by atoms with Gasteiger partial charge in [-0.2, -0.15) is 0 Å². The molecule has 0 radical (unpaired) electrons. The number of fused-ring (bicyclic) bond motifs is 1. The highest BCUT2D eigenvalue weighted by molar-refractivity contribution is 6.36. The van der Waals surface area contributed by atoms with Gasteiger partial charge in [-0.25, -0.2) is 9.78 Å². The molecule has 0 fully saturated rings. The number of benzene rings is 3. The molecule has 0 spiro atoms. The number of rotatable bonds is 5. The highest BCUT2D eigenvalue weighted by Gasteiger charge is 2.17. The van der Waals surface area contributed by atoms with E-state index in [1.807, 2.05) is 18.2 Å². The van der Waals surface area contributed by atoms with Crippen molar-refractivity contribution in [1.82, 2.24) is 4.98 Å². The zero-order valence-electron chi connectivity index (χ0n) is 16.4. The Kier molecular flexibility index (Phi) is 6.61. The molecule has 0 aliphatic rings. The Morgan fingerprint density at radius 2 is 1.59 bits per heavy atom. The molecular weight excluding hydrogens is 471 g/mol. The van der Waals surface area contributed by atoms with Gasteiger partial charge in [0.05, 0.1) is 27.5 Å². The fraction of sp³-hybridized carbons (Fsp3) is 0.0417. The first-order valence-electron chi connectivity index (χ1n) is 9.48. The molecule has 0 unspecified atom stereocenters. The molecule has 0 saturated heterocycles. The van der Waals surface area contributed by atoms with Gasteiger partial charge < -0.3 is 10.1 Å². The molecule has 0 saturated carbocycles. The van der Waals surface area contributed by atoms with Gasteiger partial charge in [-0.05, 0) is 42.5 Å². The van der Waals surface area contributed by atoms with Gasteiger partial charge in [0.15, 0.2) is 6.61 Å². The molecule has 0 aliphatic heterocycles. The smallest absolute Gasteiger partial charge is 0.339 e. The zero-order valence-corrected chi connectivity index (χ0v) is 18.7. The van der Waals surface area contributed by atoms with Crippen LogP contribution in [0.2, 0.25) is 15.1 Å². The Balaban J connectivity index is 1.56. The summed E-state index contributed by atoms with van der Waals surface area (Å²) in [4.78, 5) is 29.8. The average Bonchev–Trinajstić information content (AvgIpc) is 2.79. The third-order valence-electron chi connectivity index (χ3n) is 4.62. The number of hydrogen-bond acceptors (Lipinski definition) is 4. The summed E-state index contributed by atoms with van der Waals surface area (Å²) in [6.07, 6.45) is 0. The van der Waals surface area contributed by atoms with Crippen molar-refractivity contribution < 1.29 is 14.3 Å². The van der Waals surface area contributed by atoms with E-state index in [1.165, 1.54) is 6.07 Å². The molecule has 3 aromatic carbocycles. The van der Waals surface area contributed by atoms with Crippen LogP contribution in [0.5, 0.6) is 0 Å². The normalized spacial score (nSPS) is 10.7. The maximum absolute atomic E-state index is 12.9. The van der Waals surface area contributed by atoms with Crippen LogP contribution in [0.1, 0.15) is 10.4 Å². The number of ether oxygens (including phenoxy) is 1. The number of halogens is 3. The van der Waals surface area contributed by atoms with E-state index >= 15 is 0 Å². The van der Waals surface area contributed by atoms with Gasteiger partial charge in [0, 0.05) is 21.0 Å². The van der Waals surface area contributed by atoms with Crippen molar-refractivity contribution >= 4 is 63.3 Å². The maximum Gasteiger partial charge on any atom is 0.339 e. The van der Waals surface area contributed by atoms with Gasteiger partial charge in [-0.15, -0.1) is 0 Å². The van der Waals surface area contributed by atoms with E-state index in [2.05, 4.69) is 10.3 Å². The standard InChI is InChI=1S/C24H15Cl3N2O3/c25-15-7-5-14(6-8-15)22-12-18(17-3-1-2-4-20(17)28-22)24(31)32-13-23(30)29-21-10-9-16(26)11-19(21)27/h1-12H,13H2,(H,29,30). The van der Waals surface area contributed by atoms with Crippen molar-refractivity contribution in [3.05, 3.63) is 93.4 Å². The average molecular weight is 486 g/mol. The van der Waals surface area contributed by atoms with Crippen molar-refractivity contribution in [2.75, 3.05) is 11.9 Å². The second-order valence-corrected chi connectivity index (χ2v) is 8.11. The SMILES string of the molecule is O=C(COC(=O)c1cc(-c2ccc(Cl)cc2)nc2ccccc12)Nc1ccc(Cl)cc1Cl. The molecule has 1 aromatic heterocycles. The lowest BCUT2D eigenvalue weighted by molar-refractivity contribution is -0.119. The summed E-state index contributed by atoms with van der Waals surface area (Å²) >= 11 is 17.9. The number of pyridine rings is 1. The molecule has 160 valence electrons. The number of nitrogens with one attached hydrogen (secondary N) is 1. The van der Waals surface area contributed by atoms with Crippen LogP contribution in [0.4, 0.5) is 5.69 Å². The number of nitrogens with zero attached hydrogens (tertiary/aromatic N) is 1. The Morgan fingerprint density at radius 1 is 0.875 bits per heavy atom. The van der Waals surface area contributed by atoms with Crippen molar-refractivity contribution in [3.8, 4) is 11.3 Å². The van der Waals surface area contributed by atoms with E-state index in [9.17, 15) is 9.59 Å². The highest BCUT2D eigenvalue weighted by Crippen LogP contribution is 2.27. The van der Waals surface area contributed by atoms with Crippen LogP contribution >= 0.6 is 34.8 Å². The van der Waals surface area contributed by atoms with E-state index in [4.69, 9.17) is 39.5 Å². The van der Waals surface area contributed by atoms with Crippen LogP contribution in [0, 0.1) is 0 Å². The summed E-state index contributed by atoms with van der Waals surface area (Å²) in [5, 5.41) is 4.54. The summed E-state index contributed by atoms with van der Waals surface area (Å²) in [5.74, 6) is -1.17. The number of anilines is 1. The molecule has 0 aliphatic carbocycles. The van der Waals surface area contributed by atoms with Gasteiger partial charge in [-0.3, -0.25) is 4.79 Å². The van der Waals surface area contributed by atoms with Crippen molar-refractivity contribution in [2.45, 2.75) is 0 Å². The molecule has 0 atom stereocenters. The van der Waals surface area contributed by atoms with E-state index < -0.39 is 18.5 Å². The molecule has 0 bridgehead atoms. The third-order valence-corrected chi connectivity index (χ3v) is 5.42. The molecule has 32 heavy (non-hydrogen) atoms. The number of para-hydroxylation sites is 1. The minimum atomic E-state index is -0.642. The summed E-state index contributed by atoms with van der Waals surface area (Å²) in [6.45, 7) is -0.481. The van der Waals surface area contributed by atoms with E-state index in [0.29, 0.717) is 37.9 Å². The van der Waals surface area contributed by atoms with Crippen LogP contribution < -0.4 is 5.32 Å². The quantitative estimate of drug-likeness (QED) is 0.321. The number of hydrogen-bond donors (Lipinski definition) is 1. The molecule has 1 amide bonds. The Morgan fingerprint density at radius 3 is 2.34 bits per heavy atom. The monoisotopic (exact) mass is 484 g/mol. The number of esters is 1. The molecule has 1 N–H and O–H groups in total. The van der Waals surface area contributed by atoms with Crippen molar-refractivity contribution in [1.29, 1.82) is 0 Å². The Hall–Kier alpha value is -3.12. The summed E-state index contributed by atoms with van der Waals surface area (Å²) in [7, 11) is 0. The summed E-state index contributed by atoms with van der Waals surface area (Å²) in [5.41, 5.74) is 2.69. The van der Waals surface area contributed by atoms with Crippen LogP contribution in [0.3, 0.4) is 0 Å². The van der Waals surface area contributed by atoms with Gasteiger partial charge in [0.1, 0.15) is 0 Å². The molecular formula is C24H15Cl3N2O3. The number of carbonyl (C=O) groups is 2. The first-order valence-corrected chi connectivity index (χ1v) is 10.6. The van der Waals surface area contributed by atoms with Gasteiger partial charge in [0.25, 0.3) is 5.91 Å². The second-order valence-electron chi connectivity index (χ2n) is 6.83. The molecule has 5 nitrogen and oxygen atoms in total. The maximum atomic E-state index is 12.9. The van der Waals surface area contributed by atoms with Gasteiger partial charge in [-0.1, -0.05) is 65.1 Å². The van der Waals surface area contributed by atoms with Gasteiger partial charge in [0.2, 0.25) is 0 Å². The first kappa shape index (κ1) is 22.1. The van der Waals surface area contributed by atoms with Crippen LogP contribution in [-0.2, 0) is 9.53 Å². The first-order chi connectivity index (χ1) is 15.4. The van der Waals surface area contributed by atoms with E-state index in [-0.39, 0.29) is 5.02 Å². The van der Waals surface area contributed by atoms with Crippen molar-refractivity contribution in [2.24, 2.45) is 0 Å². The van der Waals surface area contributed by atoms with E-state index in [0.717, 1.165) is 5.56 Å². The Bertz CT molecular complexity index is 1320. The third kappa shape index (κ3) is 5.02. The fourth-order valence-corrected chi connectivity index (χ4v) is 3.68. The van der Waals surface area contributed by atoms with E-state index in [1.54, 1.807) is 48.5 Å². The van der Waals surface area contributed by atoms with Gasteiger partial charge >= 0.3 is 5.97 Å². The highest BCUT2D eigenvalue weighted by atomic mass is 35.5. The summed E-state index contributed by atoms with van der Waals surface area (Å²) < 4.78 is 5.27. The number of aromatic nitrogens is 1. The lowest BCUT2D eigenvalue weighted by Gasteiger charge is -2.11. The topological polar surface area (TPSA) is 68.3 Å². The predicted molar refractivity (Wildman–Crippen MR) is 128 cm³/mol. The fourth-order valence-electron chi connectivity index (χ4n) is 3.10. The largest absolute Gasteiger partial charge is 0.452 e. The minimum absolute atomic E-state index is 0.282. The lowest BCUT2D eigenvalue weighted by atomic mass is 10.0. The second kappa shape index (κ2) is 9.57. The number of amides is 1.